The van der Waals surface area contributed by atoms with Crippen molar-refractivity contribution in [3.8, 4) is 0 Å². The lowest BCUT2D eigenvalue weighted by molar-refractivity contribution is -0.00597. The standard InChI is InChI=1S/C17H23NO/c1-3-15-10-11-16(4-2)17(15,19)13-18-12-14-8-6-5-7-9-14/h3-9,15-16,18-19H,1-2,10-13H2/t15-,16-/m0/s1. The minimum atomic E-state index is -0.738. The molecule has 0 unspecified atom stereocenters. The Hall–Kier alpha value is -1.38. The van der Waals surface area contributed by atoms with Gasteiger partial charge in [-0.25, -0.2) is 0 Å². The average Bonchev–Trinajstić information content (AvgIpc) is 2.76. The quantitative estimate of drug-likeness (QED) is 0.768. The first-order valence-electron chi connectivity index (χ1n) is 6.93. The molecule has 1 aliphatic carbocycles. The Balaban J connectivity index is 1.96. The van der Waals surface area contributed by atoms with Gasteiger partial charge in [0.15, 0.2) is 0 Å². The molecule has 2 heteroatoms. The molecule has 0 heterocycles. The Morgan fingerprint density at radius 1 is 1.16 bits per heavy atom. The SMILES string of the molecule is C=C[C@H]1CC[C@H](C=C)C1(O)CNCc1ccccc1. The minimum Gasteiger partial charge on any atom is -0.387 e. The van der Waals surface area contributed by atoms with Gasteiger partial charge in [0.1, 0.15) is 0 Å². The third-order valence-corrected chi connectivity index (χ3v) is 4.22. The molecule has 19 heavy (non-hydrogen) atoms. The molecule has 0 saturated heterocycles. The van der Waals surface area contributed by atoms with Gasteiger partial charge in [-0.05, 0) is 18.4 Å². The predicted molar refractivity (Wildman–Crippen MR) is 79.7 cm³/mol. The molecule has 0 aromatic heterocycles. The summed E-state index contributed by atoms with van der Waals surface area (Å²) in [5.41, 5.74) is 0.493. The zero-order valence-electron chi connectivity index (χ0n) is 11.4. The van der Waals surface area contributed by atoms with E-state index in [4.69, 9.17) is 0 Å². The third-order valence-electron chi connectivity index (χ3n) is 4.22. The highest BCUT2D eigenvalue weighted by atomic mass is 16.3. The Bertz CT molecular complexity index is 410. The molecule has 1 saturated carbocycles. The van der Waals surface area contributed by atoms with Gasteiger partial charge in [-0.15, -0.1) is 13.2 Å². The fraction of sp³-hybridized carbons (Fsp3) is 0.412. The first-order chi connectivity index (χ1) is 9.20. The molecular formula is C17H23NO. The van der Waals surface area contributed by atoms with Crippen LogP contribution in [0.15, 0.2) is 55.6 Å². The maximum Gasteiger partial charge on any atom is 0.0895 e. The zero-order chi connectivity index (χ0) is 13.7. The summed E-state index contributed by atoms with van der Waals surface area (Å²) in [6, 6.07) is 10.2. The summed E-state index contributed by atoms with van der Waals surface area (Å²) in [5, 5.41) is 14.3. The van der Waals surface area contributed by atoms with Crippen molar-refractivity contribution in [3.63, 3.8) is 0 Å². The van der Waals surface area contributed by atoms with Crippen LogP contribution in [0.2, 0.25) is 0 Å². The average molecular weight is 257 g/mol. The number of hydrogen-bond donors (Lipinski definition) is 2. The zero-order valence-corrected chi connectivity index (χ0v) is 11.4. The van der Waals surface area contributed by atoms with E-state index in [9.17, 15) is 5.11 Å². The van der Waals surface area contributed by atoms with E-state index in [2.05, 4.69) is 30.6 Å². The van der Waals surface area contributed by atoms with Gasteiger partial charge >= 0.3 is 0 Å². The fourth-order valence-corrected chi connectivity index (χ4v) is 3.04. The van der Waals surface area contributed by atoms with Crippen molar-refractivity contribution in [2.45, 2.75) is 25.0 Å². The van der Waals surface area contributed by atoms with E-state index in [0.717, 1.165) is 19.4 Å². The van der Waals surface area contributed by atoms with Crippen LogP contribution in [0, 0.1) is 11.8 Å². The van der Waals surface area contributed by atoms with E-state index >= 15 is 0 Å². The molecule has 102 valence electrons. The van der Waals surface area contributed by atoms with Crippen molar-refractivity contribution < 1.29 is 5.11 Å². The van der Waals surface area contributed by atoms with Crippen molar-refractivity contribution in [1.29, 1.82) is 0 Å². The number of hydrogen-bond acceptors (Lipinski definition) is 2. The maximum absolute atomic E-state index is 10.9. The first kappa shape index (κ1) is 14.0. The van der Waals surface area contributed by atoms with Crippen LogP contribution in [0.3, 0.4) is 0 Å². The molecule has 1 aromatic carbocycles. The van der Waals surface area contributed by atoms with Gasteiger partial charge < -0.3 is 10.4 Å². The van der Waals surface area contributed by atoms with E-state index < -0.39 is 5.60 Å². The van der Waals surface area contributed by atoms with Gasteiger partial charge in [0, 0.05) is 24.9 Å². The Kier molecular flexibility index (Phi) is 4.56. The van der Waals surface area contributed by atoms with Crippen LogP contribution in [0.1, 0.15) is 18.4 Å². The highest BCUT2D eigenvalue weighted by Crippen LogP contribution is 2.41. The number of rotatable bonds is 6. The van der Waals surface area contributed by atoms with E-state index in [1.54, 1.807) is 0 Å². The second kappa shape index (κ2) is 6.18. The molecule has 2 nitrogen and oxygen atoms in total. The number of benzene rings is 1. The van der Waals surface area contributed by atoms with Crippen LogP contribution in [0.25, 0.3) is 0 Å². The topological polar surface area (TPSA) is 32.3 Å². The Labute approximate surface area is 115 Å². The molecule has 1 aromatic rings. The molecule has 0 bridgehead atoms. The largest absolute Gasteiger partial charge is 0.387 e. The normalized spacial score (nSPS) is 25.1. The second-order valence-corrected chi connectivity index (χ2v) is 5.34. The molecule has 1 fully saturated rings. The molecule has 0 amide bonds. The van der Waals surface area contributed by atoms with Gasteiger partial charge in [0.2, 0.25) is 0 Å². The van der Waals surface area contributed by atoms with E-state index in [1.165, 1.54) is 5.56 Å². The number of nitrogens with one attached hydrogen (secondary N) is 1. The number of aliphatic hydroxyl groups is 1. The highest BCUT2D eigenvalue weighted by Gasteiger charge is 2.45. The van der Waals surface area contributed by atoms with Crippen molar-refractivity contribution in [2.24, 2.45) is 11.8 Å². The molecule has 0 aliphatic heterocycles. The lowest BCUT2D eigenvalue weighted by atomic mass is 9.84. The molecule has 0 radical (unpaired) electrons. The summed E-state index contributed by atoms with van der Waals surface area (Å²) < 4.78 is 0. The van der Waals surface area contributed by atoms with Crippen molar-refractivity contribution >= 4 is 0 Å². The van der Waals surface area contributed by atoms with Crippen LogP contribution < -0.4 is 5.32 Å². The summed E-state index contributed by atoms with van der Waals surface area (Å²) in [6.07, 6.45) is 5.74. The summed E-state index contributed by atoms with van der Waals surface area (Å²) in [6.45, 7) is 9.06. The summed E-state index contributed by atoms with van der Waals surface area (Å²) >= 11 is 0. The fourth-order valence-electron chi connectivity index (χ4n) is 3.04. The van der Waals surface area contributed by atoms with E-state index in [1.807, 2.05) is 30.4 Å². The summed E-state index contributed by atoms with van der Waals surface area (Å²) in [7, 11) is 0. The van der Waals surface area contributed by atoms with Crippen molar-refractivity contribution in [1.82, 2.24) is 5.32 Å². The minimum absolute atomic E-state index is 0.152. The van der Waals surface area contributed by atoms with Gasteiger partial charge in [-0.2, -0.15) is 0 Å². The molecule has 0 spiro atoms. The summed E-state index contributed by atoms with van der Waals surface area (Å²) in [4.78, 5) is 0. The van der Waals surface area contributed by atoms with Gasteiger partial charge in [-0.1, -0.05) is 42.5 Å². The Morgan fingerprint density at radius 2 is 1.74 bits per heavy atom. The van der Waals surface area contributed by atoms with Gasteiger partial charge in [0.05, 0.1) is 5.60 Å². The lowest BCUT2D eigenvalue weighted by Crippen LogP contribution is -2.47. The Morgan fingerprint density at radius 3 is 2.26 bits per heavy atom. The van der Waals surface area contributed by atoms with Gasteiger partial charge in [0.25, 0.3) is 0 Å². The smallest absolute Gasteiger partial charge is 0.0895 e. The first-order valence-corrected chi connectivity index (χ1v) is 6.93. The van der Waals surface area contributed by atoms with Gasteiger partial charge in [-0.3, -0.25) is 0 Å². The van der Waals surface area contributed by atoms with Crippen molar-refractivity contribution in [2.75, 3.05) is 6.54 Å². The highest BCUT2D eigenvalue weighted by molar-refractivity contribution is 5.15. The summed E-state index contributed by atoms with van der Waals surface area (Å²) in [5.74, 6) is 0.303. The monoisotopic (exact) mass is 257 g/mol. The van der Waals surface area contributed by atoms with Crippen LogP contribution in [0.4, 0.5) is 0 Å². The van der Waals surface area contributed by atoms with Crippen LogP contribution in [-0.2, 0) is 6.54 Å². The van der Waals surface area contributed by atoms with Crippen molar-refractivity contribution in [3.05, 3.63) is 61.2 Å². The van der Waals surface area contributed by atoms with Crippen LogP contribution in [0.5, 0.6) is 0 Å². The molecule has 2 rings (SSSR count). The second-order valence-electron chi connectivity index (χ2n) is 5.34. The molecule has 1 aliphatic rings. The predicted octanol–water partition coefficient (Wildman–Crippen LogP) is 2.91. The molecular weight excluding hydrogens is 234 g/mol. The maximum atomic E-state index is 10.9. The van der Waals surface area contributed by atoms with Crippen LogP contribution >= 0.6 is 0 Å². The molecule has 2 atom stereocenters. The van der Waals surface area contributed by atoms with Crippen LogP contribution in [-0.4, -0.2) is 17.3 Å². The lowest BCUT2D eigenvalue weighted by Gasteiger charge is -2.33. The third kappa shape index (κ3) is 2.96. The van der Waals surface area contributed by atoms with E-state index in [-0.39, 0.29) is 11.8 Å². The van der Waals surface area contributed by atoms with E-state index in [0.29, 0.717) is 6.54 Å². The molecule has 2 N–H and O–H groups in total.